The first-order valence-electron chi connectivity index (χ1n) is 7.75. The summed E-state index contributed by atoms with van der Waals surface area (Å²) in [5.74, 6) is 5.50. The average Bonchev–Trinajstić information content (AvgIpc) is 2.45. The minimum absolute atomic E-state index is 0.0400. The molecular formula is C18H24FNO. The van der Waals surface area contributed by atoms with Crippen LogP contribution in [0.2, 0.25) is 0 Å². The molecule has 2 nitrogen and oxygen atoms in total. The van der Waals surface area contributed by atoms with Crippen molar-refractivity contribution in [3.05, 3.63) is 35.1 Å². The van der Waals surface area contributed by atoms with Crippen LogP contribution >= 0.6 is 0 Å². The Balaban J connectivity index is 2.09. The molecule has 1 N–H and O–H groups in total. The smallest absolute Gasteiger partial charge is 0.128 e. The Morgan fingerprint density at radius 1 is 1.29 bits per heavy atom. The molecule has 1 fully saturated rings. The molecule has 2 atom stereocenters. The first kappa shape index (κ1) is 16.0. The third-order valence-electron chi connectivity index (χ3n) is 4.25. The molecule has 1 aromatic rings. The standard InChI is InChI=1S/C18H24FNO/c1-14-6-5-7-15(2)20(14)13-17-10-9-16(12-18(17)19)8-3-4-11-21/h9-10,12,14-15,21H,4-7,11,13H2,1-2H3. The van der Waals surface area contributed by atoms with Gasteiger partial charge in [0.05, 0.1) is 6.61 Å². The normalized spacial score (nSPS) is 22.7. The van der Waals surface area contributed by atoms with Crippen molar-refractivity contribution in [1.29, 1.82) is 0 Å². The first-order valence-corrected chi connectivity index (χ1v) is 7.75. The second kappa shape index (κ2) is 7.59. The van der Waals surface area contributed by atoms with Gasteiger partial charge >= 0.3 is 0 Å². The lowest BCUT2D eigenvalue weighted by Gasteiger charge is -2.39. The average molecular weight is 289 g/mol. The number of aliphatic hydroxyl groups excluding tert-OH is 1. The molecule has 114 valence electrons. The molecule has 0 spiro atoms. The van der Waals surface area contributed by atoms with E-state index < -0.39 is 0 Å². The minimum atomic E-state index is -0.184. The quantitative estimate of drug-likeness (QED) is 0.863. The van der Waals surface area contributed by atoms with Crippen molar-refractivity contribution in [2.24, 2.45) is 0 Å². The van der Waals surface area contributed by atoms with Gasteiger partial charge in [-0.25, -0.2) is 4.39 Å². The zero-order valence-corrected chi connectivity index (χ0v) is 12.9. The van der Waals surface area contributed by atoms with E-state index in [0.717, 1.165) is 5.56 Å². The van der Waals surface area contributed by atoms with Crippen LogP contribution in [0.15, 0.2) is 18.2 Å². The molecule has 21 heavy (non-hydrogen) atoms. The molecule has 2 unspecified atom stereocenters. The molecule has 0 bridgehead atoms. The van der Waals surface area contributed by atoms with Gasteiger partial charge in [-0.15, -0.1) is 0 Å². The fourth-order valence-electron chi connectivity index (χ4n) is 2.96. The fourth-order valence-corrected chi connectivity index (χ4v) is 2.96. The molecule has 2 rings (SSSR count). The molecule has 0 radical (unpaired) electrons. The number of halogens is 1. The van der Waals surface area contributed by atoms with E-state index in [4.69, 9.17) is 5.11 Å². The maximum atomic E-state index is 14.2. The minimum Gasteiger partial charge on any atom is -0.395 e. The Bertz CT molecular complexity index is 522. The van der Waals surface area contributed by atoms with Crippen molar-refractivity contribution in [2.45, 2.75) is 58.2 Å². The van der Waals surface area contributed by atoms with Crippen molar-refractivity contribution in [1.82, 2.24) is 4.90 Å². The number of rotatable bonds is 3. The zero-order valence-electron chi connectivity index (χ0n) is 12.9. The van der Waals surface area contributed by atoms with Crippen LogP contribution in [-0.2, 0) is 6.54 Å². The van der Waals surface area contributed by atoms with Crippen molar-refractivity contribution in [3.8, 4) is 11.8 Å². The van der Waals surface area contributed by atoms with E-state index in [1.54, 1.807) is 0 Å². The zero-order chi connectivity index (χ0) is 15.2. The van der Waals surface area contributed by atoms with Gasteiger partial charge in [0.2, 0.25) is 0 Å². The molecule has 0 saturated carbocycles. The molecule has 3 heteroatoms. The maximum absolute atomic E-state index is 14.2. The van der Waals surface area contributed by atoms with E-state index in [1.807, 2.05) is 12.1 Å². The van der Waals surface area contributed by atoms with Gasteiger partial charge in [0.25, 0.3) is 0 Å². The third kappa shape index (κ3) is 4.30. The van der Waals surface area contributed by atoms with E-state index in [9.17, 15) is 4.39 Å². The fraction of sp³-hybridized carbons (Fsp3) is 0.556. The van der Waals surface area contributed by atoms with Crippen molar-refractivity contribution in [3.63, 3.8) is 0 Å². The van der Waals surface area contributed by atoms with Crippen LogP contribution in [0.25, 0.3) is 0 Å². The summed E-state index contributed by atoms with van der Waals surface area (Å²) in [6.45, 7) is 5.15. The Morgan fingerprint density at radius 3 is 2.62 bits per heavy atom. The first-order chi connectivity index (χ1) is 10.1. The summed E-state index contributed by atoms with van der Waals surface area (Å²) in [5, 5.41) is 8.69. The lowest BCUT2D eigenvalue weighted by Crippen LogP contribution is -2.43. The highest BCUT2D eigenvalue weighted by Crippen LogP contribution is 2.25. The molecule has 1 saturated heterocycles. The highest BCUT2D eigenvalue weighted by Gasteiger charge is 2.25. The monoisotopic (exact) mass is 289 g/mol. The Labute approximate surface area is 127 Å². The van der Waals surface area contributed by atoms with Crippen LogP contribution in [-0.4, -0.2) is 28.7 Å². The van der Waals surface area contributed by atoms with Crippen LogP contribution in [0.3, 0.4) is 0 Å². The number of hydrogen-bond donors (Lipinski definition) is 1. The van der Waals surface area contributed by atoms with Gasteiger partial charge in [-0.3, -0.25) is 4.90 Å². The van der Waals surface area contributed by atoms with E-state index >= 15 is 0 Å². The molecule has 0 aliphatic carbocycles. The third-order valence-corrected chi connectivity index (χ3v) is 4.25. The van der Waals surface area contributed by atoms with Crippen LogP contribution in [0, 0.1) is 17.7 Å². The largest absolute Gasteiger partial charge is 0.395 e. The predicted octanol–water partition coefficient (Wildman–Crippen LogP) is 3.32. The molecule has 1 heterocycles. The number of hydrogen-bond acceptors (Lipinski definition) is 2. The SMILES string of the molecule is CC1CCCC(C)N1Cc1ccc(C#CCCO)cc1F. The molecule has 0 amide bonds. The highest BCUT2D eigenvalue weighted by atomic mass is 19.1. The summed E-state index contributed by atoms with van der Waals surface area (Å²) in [7, 11) is 0. The second-order valence-corrected chi connectivity index (χ2v) is 5.88. The van der Waals surface area contributed by atoms with Gasteiger partial charge in [-0.05, 0) is 38.8 Å². The van der Waals surface area contributed by atoms with Crippen LogP contribution in [0.4, 0.5) is 4.39 Å². The number of nitrogens with zero attached hydrogens (tertiary/aromatic N) is 1. The molecule has 0 aromatic heterocycles. The summed E-state index contributed by atoms with van der Waals surface area (Å²) >= 11 is 0. The lowest BCUT2D eigenvalue weighted by molar-refractivity contribution is 0.0940. The molecule has 1 aromatic carbocycles. The molecule has 1 aliphatic heterocycles. The van der Waals surface area contributed by atoms with E-state index in [1.165, 1.54) is 25.3 Å². The summed E-state index contributed by atoms with van der Waals surface area (Å²) in [6, 6.07) is 6.22. The van der Waals surface area contributed by atoms with Gasteiger partial charge in [0.15, 0.2) is 0 Å². The van der Waals surface area contributed by atoms with Gasteiger partial charge < -0.3 is 5.11 Å². The summed E-state index contributed by atoms with van der Waals surface area (Å²) in [5.41, 5.74) is 1.41. The Morgan fingerprint density at radius 2 is 2.00 bits per heavy atom. The van der Waals surface area contributed by atoms with E-state index in [0.29, 0.717) is 30.6 Å². The second-order valence-electron chi connectivity index (χ2n) is 5.88. The topological polar surface area (TPSA) is 23.5 Å². The summed E-state index contributed by atoms with van der Waals surface area (Å²) in [4.78, 5) is 2.39. The Kier molecular flexibility index (Phi) is 5.78. The number of piperidine rings is 1. The van der Waals surface area contributed by atoms with Crippen molar-refractivity contribution in [2.75, 3.05) is 6.61 Å². The highest BCUT2D eigenvalue weighted by molar-refractivity contribution is 5.37. The lowest BCUT2D eigenvalue weighted by atomic mass is 9.96. The van der Waals surface area contributed by atoms with Gasteiger partial charge in [-0.1, -0.05) is 24.3 Å². The van der Waals surface area contributed by atoms with Crippen molar-refractivity contribution < 1.29 is 9.50 Å². The maximum Gasteiger partial charge on any atom is 0.128 e. The summed E-state index contributed by atoms with van der Waals surface area (Å²) in [6.07, 6.45) is 4.07. The van der Waals surface area contributed by atoms with Crippen LogP contribution in [0.5, 0.6) is 0 Å². The predicted molar refractivity (Wildman–Crippen MR) is 83.3 cm³/mol. The van der Waals surface area contributed by atoms with Crippen LogP contribution < -0.4 is 0 Å². The van der Waals surface area contributed by atoms with E-state index in [2.05, 4.69) is 30.6 Å². The summed E-state index contributed by atoms with van der Waals surface area (Å²) < 4.78 is 14.2. The van der Waals surface area contributed by atoms with Crippen molar-refractivity contribution >= 4 is 0 Å². The van der Waals surface area contributed by atoms with Gasteiger partial charge in [0.1, 0.15) is 5.82 Å². The molecule has 1 aliphatic rings. The molecular weight excluding hydrogens is 265 g/mol. The van der Waals surface area contributed by atoms with Gasteiger partial charge in [0, 0.05) is 36.2 Å². The van der Waals surface area contributed by atoms with Crippen LogP contribution in [0.1, 0.15) is 50.7 Å². The number of benzene rings is 1. The number of aliphatic hydroxyl groups is 1. The Hall–Kier alpha value is -1.37. The number of likely N-dealkylation sites (tertiary alicyclic amines) is 1. The van der Waals surface area contributed by atoms with E-state index in [-0.39, 0.29) is 12.4 Å². The van der Waals surface area contributed by atoms with Gasteiger partial charge in [-0.2, -0.15) is 0 Å².